The lowest BCUT2D eigenvalue weighted by Gasteiger charge is -2.26. The highest BCUT2D eigenvalue weighted by molar-refractivity contribution is 4.88. The zero-order valence-corrected chi connectivity index (χ0v) is 16.4. The molecule has 0 bridgehead atoms. The molecule has 0 spiro atoms. The molecular weight excluding hydrogens is 280 g/mol. The SMILES string of the molecule is C=CC(CC(CC)CCCC)OC(C=C)CC(CC)CCCC. The van der Waals surface area contributed by atoms with E-state index in [0.717, 1.165) is 24.7 Å². The first kappa shape index (κ1) is 22.4. The first-order valence-corrected chi connectivity index (χ1v) is 10.0. The van der Waals surface area contributed by atoms with Gasteiger partial charge in [-0.1, -0.05) is 91.2 Å². The van der Waals surface area contributed by atoms with Gasteiger partial charge in [0.05, 0.1) is 12.2 Å². The van der Waals surface area contributed by atoms with Crippen molar-refractivity contribution in [3.63, 3.8) is 0 Å². The summed E-state index contributed by atoms with van der Waals surface area (Å²) in [5.41, 5.74) is 0. The van der Waals surface area contributed by atoms with E-state index in [1.807, 2.05) is 12.2 Å². The molecule has 0 aliphatic heterocycles. The highest BCUT2D eigenvalue weighted by Crippen LogP contribution is 2.25. The van der Waals surface area contributed by atoms with Crippen molar-refractivity contribution < 1.29 is 4.74 Å². The van der Waals surface area contributed by atoms with E-state index in [-0.39, 0.29) is 12.2 Å². The van der Waals surface area contributed by atoms with Gasteiger partial charge < -0.3 is 4.74 Å². The molecule has 23 heavy (non-hydrogen) atoms. The minimum Gasteiger partial charge on any atom is -0.367 e. The lowest BCUT2D eigenvalue weighted by molar-refractivity contribution is 0.0133. The maximum absolute atomic E-state index is 6.34. The van der Waals surface area contributed by atoms with Crippen LogP contribution in [-0.4, -0.2) is 12.2 Å². The van der Waals surface area contributed by atoms with Crippen LogP contribution in [0.1, 0.15) is 91.9 Å². The molecule has 0 aliphatic carbocycles. The summed E-state index contributed by atoms with van der Waals surface area (Å²) in [5, 5.41) is 0. The van der Waals surface area contributed by atoms with Crippen molar-refractivity contribution in [2.45, 2.75) is 104 Å². The molecule has 0 heterocycles. The van der Waals surface area contributed by atoms with Crippen LogP contribution in [0.5, 0.6) is 0 Å². The first-order valence-electron chi connectivity index (χ1n) is 10.0. The van der Waals surface area contributed by atoms with Gasteiger partial charge in [-0.15, -0.1) is 13.2 Å². The van der Waals surface area contributed by atoms with Crippen LogP contribution in [0.25, 0.3) is 0 Å². The molecule has 1 nitrogen and oxygen atoms in total. The van der Waals surface area contributed by atoms with Crippen molar-refractivity contribution in [2.75, 3.05) is 0 Å². The molecule has 4 atom stereocenters. The summed E-state index contributed by atoms with van der Waals surface area (Å²) in [7, 11) is 0. The number of hydrogen-bond donors (Lipinski definition) is 0. The summed E-state index contributed by atoms with van der Waals surface area (Å²) >= 11 is 0. The molecule has 0 aliphatic rings. The molecule has 0 rings (SSSR count). The first-order chi connectivity index (χ1) is 11.1. The molecule has 0 saturated carbocycles. The minimum absolute atomic E-state index is 0.170. The number of unbranched alkanes of at least 4 members (excludes halogenated alkanes) is 2. The van der Waals surface area contributed by atoms with Gasteiger partial charge in [-0.05, 0) is 24.7 Å². The van der Waals surface area contributed by atoms with E-state index in [2.05, 4.69) is 40.9 Å². The monoisotopic (exact) mass is 322 g/mol. The molecule has 4 unspecified atom stereocenters. The third kappa shape index (κ3) is 10.8. The van der Waals surface area contributed by atoms with E-state index >= 15 is 0 Å². The van der Waals surface area contributed by atoms with Crippen molar-refractivity contribution >= 4 is 0 Å². The molecule has 0 fully saturated rings. The van der Waals surface area contributed by atoms with Crippen LogP contribution >= 0.6 is 0 Å². The highest BCUT2D eigenvalue weighted by Gasteiger charge is 2.19. The van der Waals surface area contributed by atoms with Crippen LogP contribution in [-0.2, 0) is 4.74 Å². The average molecular weight is 323 g/mol. The normalized spacial score (nSPS) is 16.5. The fraction of sp³-hybridized carbons (Fsp3) is 0.818. The number of hydrogen-bond acceptors (Lipinski definition) is 1. The average Bonchev–Trinajstić information content (AvgIpc) is 2.59. The Hall–Kier alpha value is -0.560. The Balaban J connectivity index is 4.47. The lowest BCUT2D eigenvalue weighted by atomic mass is 9.91. The number of rotatable bonds is 16. The smallest absolute Gasteiger partial charge is 0.0763 e. The standard InChI is InChI=1S/C22H42O/c1-7-13-15-19(9-3)17-21(11-5)23-22(12-6)18-20(10-4)16-14-8-2/h11-12,19-22H,5-10,13-18H2,1-4H3. The fourth-order valence-electron chi connectivity index (χ4n) is 3.26. The van der Waals surface area contributed by atoms with Gasteiger partial charge >= 0.3 is 0 Å². The zero-order chi connectivity index (χ0) is 17.5. The van der Waals surface area contributed by atoms with Crippen LogP contribution < -0.4 is 0 Å². The minimum atomic E-state index is 0.170. The van der Waals surface area contributed by atoms with Crippen molar-refractivity contribution in [3.8, 4) is 0 Å². The van der Waals surface area contributed by atoms with E-state index in [4.69, 9.17) is 4.74 Å². The molecule has 136 valence electrons. The van der Waals surface area contributed by atoms with Gasteiger partial charge in [0.25, 0.3) is 0 Å². The van der Waals surface area contributed by atoms with E-state index < -0.39 is 0 Å². The van der Waals surface area contributed by atoms with Crippen LogP contribution in [0.2, 0.25) is 0 Å². The summed E-state index contributed by atoms with van der Waals surface area (Å²) in [6, 6.07) is 0. The second-order valence-electron chi connectivity index (χ2n) is 6.99. The molecule has 0 aromatic rings. The van der Waals surface area contributed by atoms with E-state index in [1.165, 1.54) is 51.4 Å². The molecule has 0 aromatic carbocycles. The van der Waals surface area contributed by atoms with Gasteiger partial charge in [0.1, 0.15) is 0 Å². The zero-order valence-electron chi connectivity index (χ0n) is 16.4. The largest absolute Gasteiger partial charge is 0.367 e. The molecule has 0 N–H and O–H groups in total. The third-order valence-corrected chi connectivity index (χ3v) is 5.09. The highest BCUT2D eigenvalue weighted by atomic mass is 16.5. The Kier molecular flexibility index (Phi) is 14.6. The van der Waals surface area contributed by atoms with E-state index in [9.17, 15) is 0 Å². The predicted molar refractivity (Wildman–Crippen MR) is 105 cm³/mol. The van der Waals surface area contributed by atoms with Crippen LogP contribution in [0.4, 0.5) is 0 Å². The van der Waals surface area contributed by atoms with Gasteiger partial charge in [-0.2, -0.15) is 0 Å². The van der Waals surface area contributed by atoms with Gasteiger partial charge in [0.2, 0.25) is 0 Å². The van der Waals surface area contributed by atoms with Gasteiger partial charge in [0.15, 0.2) is 0 Å². The molecule has 0 aromatic heterocycles. The topological polar surface area (TPSA) is 9.23 Å². The van der Waals surface area contributed by atoms with Gasteiger partial charge in [0, 0.05) is 0 Å². The summed E-state index contributed by atoms with van der Waals surface area (Å²) in [6.07, 6.45) is 16.9. The Bertz CT molecular complexity index is 256. The van der Waals surface area contributed by atoms with Gasteiger partial charge in [-0.3, -0.25) is 0 Å². The predicted octanol–water partition coefficient (Wildman–Crippen LogP) is 7.33. The fourth-order valence-corrected chi connectivity index (χ4v) is 3.26. The van der Waals surface area contributed by atoms with Gasteiger partial charge in [-0.25, -0.2) is 0 Å². The van der Waals surface area contributed by atoms with Crippen molar-refractivity contribution in [3.05, 3.63) is 25.3 Å². The van der Waals surface area contributed by atoms with E-state index in [0.29, 0.717) is 0 Å². The van der Waals surface area contributed by atoms with Crippen LogP contribution in [0, 0.1) is 11.8 Å². The van der Waals surface area contributed by atoms with Crippen molar-refractivity contribution in [1.82, 2.24) is 0 Å². The summed E-state index contributed by atoms with van der Waals surface area (Å²) < 4.78 is 6.34. The Morgan fingerprint density at radius 3 is 1.39 bits per heavy atom. The van der Waals surface area contributed by atoms with E-state index in [1.54, 1.807) is 0 Å². The Labute approximate surface area is 146 Å². The quantitative estimate of drug-likeness (QED) is 0.270. The van der Waals surface area contributed by atoms with Crippen molar-refractivity contribution in [1.29, 1.82) is 0 Å². The molecule has 0 saturated heterocycles. The maximum atomic E-state index is 6.34. The summed E-state index contributed by atoms with van der Waals surface area (Å²) in [6.45, 7) is 17.1. The second-order valence-corrected chi connectivity index (χ2v) is 6.99. The number of ether oxygens (including phenoxy) is 1. The molecule has 0 radical (unpaired) electrons. The molecule has 0 amide bonds. The second kappa shape index (κ2) is 15.0. The Morgan fingerprint density at radius 1 is 0.739 bits per heavy atom. The van der Waals surface area contributed by atoms with Crippen LogP contribution in [0.15, 0.2) is 25.3 Å². The maximum Gasteiger partial charge on any atom is 0.0763 e. The lowest BCUT2D eigenvalue weighted by Crippen LogP contribution is -2.24. The molecule has 1 heteroatoms. The molecular formula is C22H42O. The van der Waals surface area contributed by atoms with Crippen LogP contribution in [0.3, 0.4) is 0 Å². The summed E-state index contributed by atoms with van der Waals surface area (Å²) in [5.74, 6) is 1.51. The Morgan fingerprint density at radius 2 is 1.13 bits per heavy atom. The third-order valence-electron chi connectivity index (χ3n) is 5.09. The summed E-state index contributed by atoms with van der Waals surface area (Å²) in [4.78, 5) is 0. The van der Waals surface area contributed by atoms with Crippen molar-refractivity contribution in [2.24, 2.45) is 11.8 Å².